The van der Waals surface area contributed by atoms with Crippen molar-refractivity contribution < 1.29 is 24.5 Å². The quantitative estimate of drug-likeness (QED) is 0.0920. The minimum atomic E-state index is -0.561. The lowest BCUT2D eigenvalue weighted by molar-refractivity contribution is -0.145. The van der Waals surface area contributed by atoms with Crippen LogP contribution < -0.4 is 15.8 Å². The van der Waals surface area contributed by atoms with Crippen molar-refractivity contribution in [2.45, 2.75) is 111 Å². The van der Waals surface area contributed by atoms with Gasteiger partial charge in [0.1, 0.15) is 18.1 Å². The number of aryl methyl sites for hydroxylation is 2. The number of unbranched alkanes of at least 4 members (excludes halogenated alkanes) is 8. The second kappa shape index (κ2) is 17.7. The molecule has 14 nitrogen and oxygen atoms in total. The maximum atomic E-state index is 12.1. The van der Waals surface area contributed by atoms with E-state index in [2.05, 4.69) is 56.0 Å². The Balaban J connectivity index is 0.000000269. The number of hydrogen-bond acceptors (Lipinski definition) is 11. The van der Waals surface area contributed by atoms with Gasteiger partial charge in [0.25, 0.3) is 0 Å². The number of nitrogens with zero attached hydrogens (tertiary/aromatic N) is 8. The summed E-state index contributed by atoms with van der Waals surface area (Å²) in [5.41, 5.74) is 2.74. The Morgan fingerprint density at radius 2 is 1.33 bits per heavy atom. The zero-order chi connectivity index (χ0) is 37.1. The number of amides is 1. The molecule has 0 unspecified atom stereocenters. The Morgan fingerprint density at radius 3 is 1.96 bits per heavy atom. The number of phenols is 2. The number of rotatable bonds is 17. The van der Waals surface area contributed by atoms with E-state index in [1.165, 1.54) is 63.1 Å². The van der Waals surface area contributed by atoms with Gasteiger partial charge < -0.3 is 20.3 Å². The molecule has 0 aliphatic rings. The molecule has 0 saturated heterocycles. The number of phenolic OH excluding ortho intramolecular Hbond substituents is 2. The number of ether oxygens (including phenoxy) is 1. The van der Waals surface area contributed by atoms with Gasteiger partial charge in [-0.3, -0.25) is 9.59 Å². The molecule has 0 bridgehead atoms. The summed E-state index contributed by atoms with van der Waals surface area (Å²) < 4.78 is 8.66. The highest BCUT2D eigenvalue weighted by Crippen LogP contribution is 2.27. The van der Waals surface area contributed by atoms with Crippen molar-refractivity contribution in [1.29, 1.82) is 0 Å². The highest BCUT2D eigenvalue weighted by Gasteiger charge is 2.30. The number of fused-ring (bicyclic) bond motifs is 2. The second-order valence-electron chi connectivity index (χ2n) is 13.6. The third-order valence-corrected chi connectivity index (χ3v) is 8.71. The molecular weight excluding hydrogens is 650 g/mol. The third kappa shape index (κ3) is 10.2. The summed E-state index contributed by atoms with van der Waals surface area (Å²) in [4.78, 5) is 24.1. The fourth-order valence-corrected chi connectivity index (χ4v) is 5.58. The third-order valence-electron chi connectivity index (χ3n) is 8.71. The number of carbonyl (C=O) groups is 2. The Labute approximate surface area is 298 Å². The molecule has 1 amide bonds. The van der Waals surface area contributed by atoms with Crippen molar-refractivity contribution in [3.63, 3.8) is 0 Å². The lowest BCUT2D eigenvalue weighted by Crippen LogP contribution is -2.31. The first-order chi connectivity index (χ1) is 24.3. The average molecular weight is 702 g/mol. The molecule has 0 fully saturated rings. The van der Waals surface area contributed by atoms with E-state index in [1.54, 1.807) is 9.03 Å². The lowest BCUT2D eigenvalue weighted by Gasteiger charge is -2.21. The predicted molar refractivity (Wildman–Crippen MR) is 195 cm³/mol. The molecule has 4 aromatic heterocycles. The van der Waals surface area contributed by atoms with Crippen molar-refractivity contribution >= 4 is 36.3 Å². The van der Waals surface area contributed by atoms with Gasteiger partial charge in [0, 0.05) is 35.0 Å². The Hall–Kier alpha value is -5.14. The maximum absolute atomic E-state index is 12.1. The largest absolute Gasteiger partial charge is 0.508 e. The van der Waals surface area contributed by atoms with E-state index in [0.717, 1.165) is 34.7 Å². The van der Waals surface area contributed by atoms with Crippen LogP contribution in [0, 0.1) is 13.8 Å². The van der Waals surface area contributed by atoms with Crippen molar-refractivity contribution in [2.75, 3.05) is 13.2 Å². The average Bonchev–Trinajstić information content (AvgIpc) is 3.83. The molecule has 0 radical (unpaired) electrons. The van der Waals surface area contributed by atoms with Crippen LogP contribution in [0.3, 0.4) is 0 Å². The second-order valence-corrected chi connectivity index (χ2v) is 13.6. The minimum Gasteiger partial charge on any atom is -0.508 e. The van der Waals surface area contributed by atoms with Gasteiger partial charge >= 0.3 is 5.97 Å². The van der Waals surface area contributed by atoms with Gasteiger partial charge in [-0.05, 0) is 46.2 Å². The number of hydrogen-bond donors (Lipinski definition) is 3. The number of benzene rings is 1. The molecule has 0 spiro atoms. The summed E-state index contributed by atoms with van der Waals surface area (Å²) in [6.07, 6.45) is 11.7. The van der Waals surface area contributed by atoms with Crippen LogP contribution >= 0.6 is 0 Å². The van der Waals surface area contributed by atoms with Crippen LogP contribution in [-0.4, -0.2) is 74.9 Å². The highest BCUT2D eigenvalue weighted by atomic mass is 16.5. The molecule has 5 rings (SSSR count). The molecular formula is C37H51N9O5. The van der Waals surface area contributed by atoms with E-state index in [0.29, 0.717) is 41.5 Å². The van der Waals surface area contributed by atoms with E-state index < -0.39 is 5.41 Å². The molecule has 274 valence electrons. The Kier molecular flexibility index (Phi) is 13.4. The fraction of sp³-hybridized carbons (Fsp3) is 0.514. The highest BCUT2D eigenvalue weighted by molar-refractivity contribution is 5.77. The minimum absolute atomic E-state index is 0.00133. The normalized spacial score (nSPS) is 11.5. The van der Waals surface area contributed by atoms with Crippen molar-refractivity contribution in [2.24, 2.45) is 0 Å². The van der Waals surface area contributed by atoms with Crippen LogP contribution in [0.2, 0.25) is 0 Å². The number of esters is 1. The Bertz CT molecular complexity index is 2000. The van der Waals surface area contributed by atoms with Gasteiger partial charge in [-0.2, -0.15) is 19.2 Å². The summed E-state index contributed by atoms with van der Waals surface area (Å²) in [7, 11) is 0. The smallest absolute Gasteiger partial charge is 0.307 e. The van der Waals surface area contributed by atoms with Crippen LogP contribution in [0.5, 0.6) is 11.5 Å². The monoisotopic (exact) mass is 701 g/mol. The molecule has 4 heterocycles. The fourth-order valence-electron chi connectivity index (χ4n) is 5.58. The first-order valence-electron chi connectivity index (χ1n) is 17.7. The van der Waals surface area contributed by atoms with Gasteiger partial charge in [0.2, 0.25) is 5.91 Å². The van der Waals surface area contributed by atoms with Crippen molar-refractivity contribution in [1.82, 2.24) is 44.9 Å². The number of carbonyl (C=O) groups excluding carboxylic acids is 2. The van der Waals surface area contributed by atoms with Crippen LogP contribution in [0.4, 0.5) is 0 Å². The first kappa shape index (κ1) is 38.7. The summed E-state index contributed by atoms with van der Waals surface area (Å²) in [5, 5.41) is 48.3. The maximum Gasteiger partial charge on any atom is 0.307 e. The van der Waals surface area contributed by atoms with E-state index in [4.69, 9.17) is 4.74 Å². The van der Waals surface area contributed by atoms with Crippen LogP contribution in [0.15, 0.2) is 18.2 Å². The standard InChI is InChI=1S/C25H41N5O3.C12H10N4O2/c1-6-7-8-9-10-11-12-13-14-15-21(31)26-17-16-22(32)33-18-25(4,5)24-28-27-23-19(2)20(3)29-30(23)24;1-6-7(2)15-16-11(6)13-14-12(16)8-3-9(17)5-10(18)4-8/h2,6-18H2,1,3-5H3,(H,26,31);3-5,17-18H,1H2,2H3. The van der Waals surface area contributed by atoms with Gasteiger partial charge in [-0.15, -0.1) is 20.4 Å². The number of nitrogens with one attached hydrogen (secondary N) is 1. The van der Waals surface area contributed by atoms with Crippen LogP contribution in [-0.2, 0) is 19.7 Å². The molecule has 51 heavy (non-hydrogen) atoms. The van der Waals surface area contributed by atoms with E-state index in [-0.39, 0.29) is 36.4 Å². The zero-order valence-corrected chi connectivity index (χ0v) is 30.5. The molecule has 0 atom stereocenters. The van der Waals surface area contributed by atoms with Gasteiger partial charge in [-0.1, -0.05) is 71.4 Å². The summed E-state index contributed by atoms with van der Waals surface area (Å²) in [6, 6.07) is 4.23. The number of aromatic nitrogens is 8. The molecule has 0 aliphatic carbocycles. The summed E-state index contributed by atoms with van der Waals surface area (Å²) >= 11 is 0. The van der Waals surface area contributed by atoms with Gasteiger partial charge in [-0.25, -0.2) is 0 Å². The SMILES string of the molecule is C=c1c(C)nn2c(-c3cc(O)cc(O)c3)nnc12.C=c1c(C)nn2c(C(C)(C)COC(=O)CCNC(=O)CCCCCCCCCCC)nnc12. The molecule has 1 aromatic carbocycles. The van der Waals surface area contributed by atoms with Crippen molar-refractivity contribution in [3.8, 4) is 22.9 Å². The predicted octanol–water partition coefficient (Wildman–Crippen LogP) is 4.45. The van der Waals surface area contributed by atoms with Crippen LogP contribution in [0.25, 0.3) is 35.8 Å². The zero-order valence-electron chi connectivity index (χ0n) is 30.5. The summed E-state index contributed by atoms with van der Waals surface area (Å²) in [5.74, 6) is 0.641. The molecule has 3 N–H and O–H groups in total. The summed E-state index contributed by atoms with van der Waals surface area (Å²) in [6.45, 7) is 18.1. The van der Waals surface area contributed by atoms with Crippen molar-refractivity contribution in [3.05, 3.63) is 45.8 Å². The Morgan fingerprint density at radius 1 is 0.784 bits per heavy atom. The lowest BCUT2D eigenvalue weighted by atomic mass is 9.94. The van der Waals surface area contributed by atoms with E-state index >= 15 is 0 Å². The van der Waals surface area contributed by atoms with Crippen LogP contribution in [0.1, 0.15) is 109 Å². The molecule has 0 saturated carbocycles. The van der Waals surface area contributed by atoms with Gasteiger partial charge in [0.15, 0.2) is 22.9 Å². The number of aromatic hydroxyl groups is 2. The van der Waals surface area contributed by atoms with E-state index in [1.807, 2.05) is 27.7 Å². The van der Waals surface area contributed by atoms with E-state index in [9.17, 15) is 19.8 Å². The molecule has 0 aliphatic heterocycles. The molecule has 14 heteroatoms. The topological polar surface area (TPSA) is 182 Å². The van der Waals surface area contributed by atoms with Gasteiger partial charge in [0.05, 0.1) is 23.2 Å². The molecule has 5 aromatic rings. The first-order valence-corrected chi connectivity index (χ1v) is 17.7.